The van der Waals surface area contributed by atoms with Crippen LogP contribution in [0.25, 0.3) is 88.6 Å². The quantitative estimate of drug-likeness (QED) is 0.182. The molecule has 0 amide bonds. The van der Waals surface area contributed by atoms with Gasteiger partial charge in [0, 0.05) is 0 Å². The lowest BCUT2D eigenvalue weighted by Crippen LogP contribution is -2.05. The molecule has 0 unspecified atom stereocenters. The fraction of sp³-hybridized carbons (Fsp3) is 0. The Kier molecular flexibility index (Phi) is 2.77. The van der Waals surface area contributed by atoms with Crippen LogP contribution in [0.1, 0.15) is 0 Å². The summed E-state index contributed by atoms with van der Waals surface area (Å²) in [5.41, 5.74) is 0. The van der Waals surface area contributed by atoms with Gasteiger partial charge in [-0.3, -0.25) is 0 Å². The van der Waals surface area contributed by atoms with Gasteiger partial charge in [0.1, 0.15) is 0 Å². The first-order chi connectivity index (χ1) is 15.7. The summed E-state index contributed by atoms with van der Waals surface area (Å²) < 4.78 is 0. The highest BCUT2D eigenvalue weighted by Crippen LogP contribution is 2.45. The van der Waals surface area contributed by atoms with Crippen molar-refractivity contribution in [3.05, 3.63) is 95.4 Å². The van der Waals surface area contributed by atoms with Crippen LogP contribution in [-0.4, -0.2) is 0 Å². The van der Waals surface area contributed by atoms with Gasteiger partial charge in [0.2, 0.25) is 0 Å². The van der Waals surface area contributed by atoms with Gasteiger partial charge in [-0.05, 0) is 98.0 Å². The van der Waals surface area contributed by atoms with Crippen LogP contribution in [0.3, 0.4) is 0 Å². The van der Waals surface area contributed by atoms with Gasteiger partial charge in [-0.15, -0.1) is 0 Å². The van der Waals surface area contributed by atoms with Crippen LogP contribution in [0, 0.1) is 0 Å². The van der Waals surface area contributed by atoms with Crippen LogP contribution in [0.15, 0.2) is 84.9 Å². The van der Waals surface area contributed by atoms with E-state index in [2.05, 4.69) is 98.1 Å². The molecule has 32 heavy (non-hydrogen) atoms. The summed E-state index contributed by atoms with van der Waals surface area (Å²) >= 11 is 0. The number of fused-ring (bicyclic) bond motifs is 4. The van der Waals surface area contributed by atoms with E-state index in [9.17, 15) is 0 Å². The fourth-order valence-corrected chi connectivity index (χ4v) is 6.21. The monoisotopic (exact) mass is 402 g/mol. The molecule has 0 nitrogen and oxygen atoms in total. The summed E-state index contributed by atoms with van der Waals surface area (Å²) in [4.78, 5) is 0. The molecule has 0 radical (unpaired) electrons. The first kappa shape index (κ1) is 16.5. The summed E-state index contributed by atoms with van der Waals surface area (Å²) in [5, 5.41) is 20.4. The second-order valence-electron chi connectivity index (χ2n) is 9.07. The molecule has 0 aromatic heterocycles. The van der Waals surface area contributed by atoms with Crippen molar-refractivity contribution < 1.29 is 0 Å². The molecule has 0 saturated heterocycles. The minimum Gasteiger partial charge on any atom is -0.0905 e. The maximum atomic E-state index is 4.50. The highest BCUT2D eigenvalue weighted by atomic mass is 14.2. The van der Waals surface area contributed by atoms with Crippen LogP contribution in [0.5, 0.6) is 0 Å². The number of rotatable bonds is 0. The Morgan fingerprint density at radius 2 is 0.750 bits per heavy atom. The summed E-state index contributed by atoms with van der Waals surface area (Å²) in [7, 11) is 0. The predicted molar refractivity (Wildman–Crippen MR) is 142 cm³/mol. The average molecular weight is 402 g/mol. The van der Waals surface area contributed by atoms with Crippen molar-refractivity contribution in [3.8, 4) is 0 Å². The van der Waals surface area contributed by atoms with E-state index in [-0.39, 0.29) is 0 Å². The van der Waals surface area contributed by atoms with Crippen LogP contribution in [-0.2, 0) is 0 Å². The van der Waals surface area contributed by atoms with Crippen molar-refractivity contribution >= 4 is 88.6 Å². The second-order valence-corrected chi connectivity index (χ2v) is 9.07. The highest BCUT2D eigenvalue weighted by Gasteiger charge is 2.19. The molecule has 0 aliphatic rings. The average Bonchev–Trinajstić information content (AvgIpc) is 2.85. The number of benzene rings is 8. The lowest BCUT2D eigenvalue weighted by molar-refractivity contribution is 1.75. The molecule has 0 bridgehead atoms. The Morgan fingerprint density at radius 3 is 1.19 bits per heavy atom. The molecule has 0 spiro atoms. The Balaban J connectivity index is 1.81. The lowest BCUT2D eigenvalue weighted by atomic mass is 9.83. The molecular formula is C32H18. The predicted octanol–water partition coefficient (Wildman–Crippen LogP) is 7.46. The first-order valence-corrected chi connectivity index (χ1v) is 11.1. The molecule has 0 atom stereocenters. The van der Waals surface area contributed by atoms with Gasteiger partial charge >= 0.3 is 0 Å². The zero-order valence-corrected chi connectivity index (χ0v) is 17.5. The third-order valence-corrected chi connectivity index (χ3v) is 7.60. The standard InChI is InChI=1S/C32H18/c1-17-21-7-3-5-9-25(21)27-15-20-12-14-24-18(2)22-8-4-6-10-26(22)28-16-19-11-13-23(17)31(27)29(19)30(20)32(24)28/h3-16H,1-2H2. The molecule has 0 aliphatic carbocycles. The van der Waals surface area contributed by atoms with Crippen molar-refractivity contribution in [2.75, 3.05) is 0 Å². The molecule has 0 heterocycles. The molecular weight excluding hydrogens is 384 g/mol. The third kappa shape index (κ3) is 1.74. The molecule has 8 aromatic carbocycles. The maximum absolute atomic E-state index is 4.50. The van der Waals surface area contributed by atoms with E-state index in [1.54, 1.807) is 0 Å². The topological polar surface area (TPSA) is 0 Å². The van der Waals surface area contributed by atoms with Gasteiger partial charge in [-0.25, -0.2) is 0 Å². The van der Waals surface area contributed by atoms with E-state index in [0.717, 1.165) is 10.4 Å². The normalized spacial score (nSPS) is 12.6. The molecule has 8 rings (SSSR count). The van der Waals surface area contributed by atoms with Crippen molar-refractivity contribution in [1.82, 2.24) is 0 Å². The van der Waals surface area contributed by atoms with E-state index < -0.39 is 0 Å². The SMILES string of the molecule is C=c1c2ccccc2c2cc3ccc4c(=C)c5ccccc5c5cc6ccc1c2c6c3c45. The summed E-state index contributed by atoms with van der Waals surface area (Å²) in [5.74, 6) is 0. The zero-order chi connectivity index (χ0) is 21.1. The Hall–Kier alpha value is -4.16. The van der Waals surface area contributed by atoms with Gasteiger partial charge < -0.3 is 0 Å². The summed E-state index contributed by atoms with van der Waals surface area (Å²) in [6, 6.07) is 31.2. The van der Waals surface area contributed by atoms with Gasteiger partial charge in [0.05, 0.1) is 0 Å². The molecule has 8 aromatic rings. The van der Waals surface area contributed by atoms with Gasteiger partial charge in [0.25, 0.3) is 0 Å². The van der Waals surface area contributed by atoms with Crippen LogP contribution in [0.2, 0.25) is 0 Å². The van der Waals surface area contributed by atoms with Crippen LogP contribution >= 0.6 is 0 Å². The van der Waals surface area contributed by atoms with Gasteiger partial charge in [-0.1, -0.05) is 86.0 Å². The Bertz CT molecular complexity index is 2000. The maximum Gasteiger partial charge on any atom is -0.00136 e. The minimum absolute atomic E-state index is 1.12. The van der Waals surface area contributed by atoms with Gasteiger partial charge in [-0.2, -0.15) is 0 Å². The number of hydrogen-bond donors (Lipinski definition) is 0. The molecule has 146 valence electrons. The third-order valence-electron chi connectivity index (χ3n) is 7.60. The van der Waals surface area contributed by atoms with Crippen LogP contribution in [0.4, 0.5) is 0 Å². The zero-order valence-electron chi connectivity index (χ0n) is 17.5. The Labute approximate surface area is 184 Å². The van der Waals surface area contributed by atoms with E-state index in [1.165, 1.54) is 75.4 Å². The highest BCUT2D eigenvalue weighted by molar-refractivity contribution is 6.40. The molecule has 0 fully saturated rings. The van der Waals surface area contributed by atoms with E-state index >= 15 is 0 Å². The van der Waals surface area contributed by atoms with Crippen molar-refractivity contribution in [2.45, 2.75) is 0 Å². The van der Waals surface area contributed by atoms with Crippen molar-refractivity contribution in [1.29, 1.82) is 0 Å². The fourth-order valence-electron chi connectivity index (χ4n) is 6.21. The molecule has 0 heteroatoms. The summed E-state index contributed by atoms with van der Waals surface area (Å²) in [6.07, 6.45) is 0. The minimum atomic E-state index is 1.12. The molecule has 0 N–H and O–H groups in total. The molecule has 0 saturated carbocycles. The van der Waals surface area contributed by atoms with Crippen molar-refractivity contribution in [2.24, 2.45) is 0 Å². The van der Waals surface area contributed by atoms with E-state index in [1.807, 2.05) is 0 Å². The van der Waals surface area contributed by atoms with Crippen LogP contribution < -0.4 is 10.4 Å². The second kappa shape index (κ2) is 5.36. The smallest absolute Gasteiger partial charge is 0.00136 e. The first-order valence-electron chi connectivity index (χ1n) is 11.1. The largest absolute Gasteiger partial charge is 0.0905 e. The van der Waals surface area contributed by atoms with Gasteiger partial charge in [0.15, 0.2) is 0 Å². The van der Waals surface area contributed by atoms with Crippen molar-refractivity contribution in [3.63, 3.8) is 0 Å². The summed E-state index contributed by atoms with van der Waals surface area (Å²) in [6.45, 7) is 9.00. The van der Waals surface area contributed by atoms with E-state index in [0.29, 0.717) is 0 Å². The van der Waals surface area contributed by atoms with E-state index in [4.69, 9.17) is 0 Å². The lowest BCUT2D eigenvalue weighted by Gasteiger charge is -2.20. The molecule has 0 aliphatic heterocycles. The Morgan fingerprint density at radius 1 is 0.344 bits per heavy atom. The number of hydrogen-bond acceptors (Lipinski definition) is 0.